The summed E-state index contributed by atoms with van der Waals surface area (Å²) in [6, 6.07) is 1.77. The number of amides is 1. The SMILES string of the molecule is CCCNc1ncc(C(=O)NC(C)CSC)cc1Cl. The number of thioether (sulfide) groups is 1. The molecular weight excluding hydrogens is 282 g/mol. The van der Waals surface area contributed by atoms with Crippen molar-refractivity contribution in [3.63, 3.8) is 0 Å². The highest BCUT2D eigenvalue weighted by molar-refractivity contribution is 7.98. The molecule has 1 amide bonds. The van der Waals surface area contributed by atoms with E-state index in [1.54, 1.807) is 24.0 Å². The predicted octanol–water partition coefficient (Wildman–Crippen LogP) is 3.04. The monoisotopic (exact) mass is 301 g/mol. The first-order valence-electron chi connectivity index (χ1n) is 6.27. The summed E-state index contributed by atoms with van der Waals surface area (Å²) in [5.41, 5.74) is 0.486. The number of anilines is 1. The molecular formula is C13H20ClN3OS. The van der Waals surface area contributed by atoms with Crippen LogP contribution in [0.4, 0.5) is 5.82 Å². The Morgan fingerprint density at radius 3 is 2.89 bits per heavy atom. The Labute approximate surface area is 123 Å². The van der Waals surface area contributed by atoms with Crippen LogP contribution in [0.3, 0.4) is 0 Å². The number of carbonyl (C=O) groups excluding carboxylic acids is 1. The Balaban J connectivity index is 2.68. The van der Waals surface area contributed by atoms with E-state index >= 15 is 0 Å². The number of hydrogen-bond acceptors (Lipinski definition) is 4. The topological polar surface area (TPSA) is 54.0 Å². The Kier molecular flexibility index (Phi) is 7.02. The second-order valence-corrected chi connectivity index (χ2v) is 5.63. The van der Waals surface area contributed by atoms with Gasteiger partial charge in [-0.05, 0) is 25.7 Å². The van der Waals surface area contributed by atoms with E-state index in [0.717, 1.165) is 18.7 Å². The van der Waals surface area contributed by atoms with Gasteiger partial charge in [0, 0.05) is 24.5 Å². The molecule has 1 heterocycles. The van der Waals surface area contributed by atoms with Gasteiger partial charge in [0.1, 0.15) is 5.82 Å². The first-order valence-corrected chi connectivity index (χ1v) is 8.04. The van der Waals surface area contributed by atoms with Crippen LogP contribution in [0, 0.1) is 0 Å². The molecule has 0 fully saturated rings. The molecule has 0 aliphatic heterocycles. The molecule has 106 valence electrons. The van der Waals surface area contributed by atoms with E-state index in [1.807, 2.05) is 13.2 Å². The minimum Gasteiger partial charge on any atom is -0.369 e. The maximum absolute atomic E-state index is 12.0. The van der Waals surface area contributed by atoms with Gasteiger partial charge in [0.25, 0.3) is 5.91 Å². The number of nitrogens with one attached hydrogen (secondary N) is 2. The molecule has 1 aromatic rings. The molecule has 1 unspecified atom stereocenters. The molecule has 0 aliphatic rings. The van der Waals surface area contributed by atoms with Crippen molar-refractivity contribution in [1.29, 1.82) is 0 Å². The van der Waals surface area contributed by atoms with E-state index in [2.05, 4.69) is 22.5 Å². The van der Waals surface area contributed by atoms with E-state index in [-0.39, 0.29) is 11.9 Å². The summed E-state index contributed by atoms with van der Waals surface area (Å²) in [6.07, 6.45) is 4.55. The molecule has 19 heavy (non-hydrogen) atoms. The predicted molar refractivity (Wildman–Crippen MR) is 83.3 cm³/mol. The highest BCUT2D eigenvalue weighted by atomic mass is 35.5. The van der Waals surface area contributed by atoms with Gasteiger partial charge in [-0.3, -0.25) is 4.79 Å². The number of rotatable bonds is 7. The number of halogens is 1. The van der Waals surface area contributed by atoms with Crippen molar-refractivity contribution in [2.24, 2.45) is 0 Å². The van der Waals surface area contributed by atoms with Gasteiger partial charge >= 0.3 is 0 Å². The van der Waals surface area contributed by atoms with Crippen LogP contribution >= 0.6 is 23.4 Å². The smallest absolute Gasteiger partial charge is 0.253 e. The van der Waals surface area contributed by atoms with Gasteiger partial charge in [0.05, 0.1) is 10.6 Å². The van der Waals surface area contributed by atoms with Crippen molar-refractivity contribution in [3.05, 3.63) is 22.8 Å². The van der Waals surface area contributed by atoms with Crippen LogP contribution in [0.1, 0.15) is 30.6 Å². The maximum Gasteiger partial charge on any atom is 0.253 e. The van der Waals surface area contributed by atoms with E-state index in [4.69, 9.17) is 11.6 Å². The molecule has 0 bridgehead atoms. The van der Waals surface area contributed by atoms with Crippen molar-refractivity contribution in [2.75, 3.05) is 23.9 Å². The Morgan fingerprint density at radius 1 is 1.58 bits per heavy atom. The summed E-state index contributed by atoms with van der Waals surface area (Å²) in [5, 5.41) is 6.49. The highest BCUT2D eigenvalue weighted by Crippen LogP contribution is 2.20. The maximum atomic E-state index is 12.0. The van der Waals surface area contributed by atoms with Crippen molar-refractivity contribution < 1.29 is 4.79 Å². The minimum absolute atomic E-state index is 0.124. The van der Waals surface area contributed by atoms with Crippen molar-refractivity contribution in [3.8, 4) is 0 Å². The number of carbonyl (C=O) groups is 1. The third-order valence-electron chi connectivity index (χ3n) is 2.44. The fourth-order valence-corrected chi connectivity index (χ4v) is 2.35. The lowest BCUT2D eigenvalue weighted by Crippen LogP contribution is -2.34. The van der Waals surface area contributed by atoms with Crippen LogP contribution in [0.25, 0.3) is 0 Å². The van der Waals surface area contributed by atoms with Crippen molar-refractivity contribution in [2.45, 2.75) is 26.3 Å². The lowest BCUT2D eigenvalue weighted by atomic mass is 10.2. The lowest BCUT2D eigenvalue weighted by molar-refractivity contribution is 0.0943. The number of aromatic nitrogens is 1. The summed E-state index contributed by atoms with van der Waals surface area (Å²) in [6.45, 7) is 4.85. The minimum atomic E-state index is -0.141. The molecule has 1 rings (SSSR count). The summed E-state index contributed by atoms with van der Waals surface area (Å²) in [7, 11) is 0. The molecule has 0 aromatic carbocycles. The Morgan fingerprint density at radius 2 is 2.32 bits per heavy atom. The first kappa shape index (κ1) is 16.1. The van der Waals surface area contributed by atoms with Crippen LogP contribution in [0.5, 0.6) is 0 Å². The van der Waals surface area contributed by atoms with Gasteiger partial charge in [-0.15, -0.1) is 0 Å². The fraction of sp³-hybridized carbons (Fsp3) is 0.538. The Bertz CT molecular complexity index is 428. The third-order valence-corrected chi connectivity index (χ3v) is 3.56. The molecule has 1 aromatic heterocycles. The molecule has 0 saturated carbocycles. The van der Waals surface area contributed by atoms with Gasteiger partial charge in [0.15, 0.2) is 0 Å². The summed E-state index contributed by atoms with van der Waals surface area (Å²) in [5.74, 6) is 1.36. The van der Waals surface area contributed by atoms with Gasteiger partial charge in [-0.2, -0.15) is 11.8 Å². The molecule has 0 radical (unpaired) electrons. The zero-order chi connectivity index (χ0) is 14.3. The average Bonchev–Trinajstić information content (AvgIpc) is 2.37. The average molecular weight is 302 g/mol. The standard InChI is InChI=1S/C13H20ClN3OS/c1-4-5-15-12-11(14)6-10(7-16-12)13(18)17-9(2)8-19-3/h6-7,9H,4-5,8H2,1-3H3,(H,15,16)(H,17,18). The fourth-order valence-electron chi connectivity index (χ4n) is 1.53. The first-order chi connectivity index (χ1) is 9.08. The number of nitrogens with zero attached hydrogens (tertiary/aromatic N) is 1. The molecule has 2 N–H and O–H groups in total. The quantitative estimate of drug-likeness (QED) is 0.813. The van der Waals surface area contributed by atoms with Gasteiger partial charge < -0.3 is 10.6 Å². The second-order valence-electron chi connectivity index (χ2n) is 4.31. The highest BCUT2D eigenvalue weighted by Gasteiger charge is 2.12. The Hall–Kier alpha value is -0.940. The number of hydrogen-bond donors (Lipinski definition) is 2. The van der Waals surface area contributed by atoms with E-state index in [0.29, 0.717) is 16.4 Å². The van der Waals surface area contributed by atoms with E-state index in [9.17, 15) is 4.79 Å². The van der Waals surface area contributed by atoms with Gasteiger partial charge in [0.2, 0.25) is 0 Å². The molecule has 4 nitrogen and oxygen atoms in total. The van der Waals surface area contributed by atoms with Crippen LogP contribution in [-0.4, -0.2) is 35.5 Å². The second kappa shape index (κ2) is 8.27. The van der Waals surface area contributed by atoms with Crippen molar-refractivity contribution in [1.82, 2.24) is 10.3 Å². The van der Waals surface area contributed by atoms with Crippen LogP contribution in [-0.2, 0) is 0 Å². The van der Waals surface area contributed by atoms with E-state index in [1.165, 1.54) is 0 Å². The third kappa shape index (κ3) is 5.28. The molecule has 6 heteroatoms. The zero-order valence-corrected chi connectivity index (χ0v) is 13.1. The normalized spacial score (nSPS) is 12.0. The summed E-state index contributed by atoms with van der Waals surface area (Å²) < 4.78 is 0. The molecule has 0 aliphatic carbocycles. The summed E-state index contributed by atoms with van der Waals surface area (Å²) in [4.78, 5) is 16.1. The van der Waals surface area contributed by atoms with Crippen LogP contribution in [0.2, 0.25) is 5.02 Å². The van der Waals surface area contributed by atoms with E-state index < -0.39 is 0 Å². The summed E-state index contributed by atoms with van der Waals surface area (Å²) >= 11 is 7.79. The van der Waals surface area contributed by atoms with Gasteiger partial charge in [-0.25, -0.2) is 4.98 Å². The van der Waals surface area contributed by atoms with Crippen LogP contribution in [0.15, 0.2) is 12.3 Å². The van der Waals surface area contributed by atoms with Crippen molar-refractivity contribution >= 4 is 35.1 Å². The number of pyridine rings is 1. The molecule has 1 atom stereocenters. The van der Waals surface area contributed by atoms with Gasteiger partial charge in [-0.1, -0.05) is 18.5 Å². The molecule has 0 spiro atoms. The van der Waals surface area contributed by atoms with Crippen LogP contribution < -0.4 is 10.6 Å². The largest absolute Gasteiger partial charge is 0.369 e. The molecule has 0 saturated heterocycles. The zero-order valence-electron chi connectivity index (χ0n) is 11.5. The lowest BCUT2D eigenvalue weighted by Gasteiger charge is -2.13.